The Kier molecular flexibility index (Phi) is 5.74. The zero-order valence-corrected chi connectivity index (χ0v) is 17.5. The van der Waals surface area contributed by atoms with Gasteiger partial charge in [-0.25, -0.2) is 8.42 Å². The van der Waals surface area contributed by atoms with Crippen LogP contribution in [0.15, 0.2) is 65.6 Å². The molecule has 154 valence electrons. The molecule has 5 nitrogen and oxygen atoms in total. The normalized spacial score (nSPS) is 25.9. The first-order valence-electron chi connectivity index (χ1n) is 10.4. The van der Waals surface area contributed by atoms with E-state index in [2.05, 4.69) is 5.32 Å². The monoisotopic (exact) mass is 412 g/mol. The van der Waals surface area contributed by atoms with Gasteiger partial charge >= 0.3 is 0 Å². The molecule has 2 aromatic carbocycles. The van der Waals surface area contributed by atoms with Gasteiger partial charge < -0.3 is 5.32 Å². The molecule has 2 aliphatic rings. The molecule has 1 amide bonds. The van der Waals surface area contributed by atoms with Crippen molar-refractivity contribution in [2.75, 3.05) is 0 Å². The first kappa shape index (κ1) is 20.1. The van der Waals surface area contributed by atoms with Gasteiger partial charge in [0, 0.05) is 6.04 Å². The number of nitrogens with one attached hydrogen (secondary N) is 1. The van der Waals surface area contributed by atoms with Crippen LogP contribution in [-0.4, -0.2) is 30.7 Å². The van der Waals surface area contributed by atoms with E-state index in [1.165, 1.54) is 4.31 Å². The highest BCUT2D eigenvalue weighted by molar-refractivity contribution is 7.89. The van der Waals surface area contributed by atoms with Crippen LogP contribution in [0.1, 0.15) is 50.6 Å². The zero-order chi connectivity index (χ0) is 20.4. The fourth-order valence-electron chi connectivity index (χ4n) is 4.84. The number of rotatable bonds is 5. The van der Waals surface area contributed by atoms with E-state index >= 15 is 0 Å². The third-order valence-electron chi connectivity index (χ3n) is 6.31. The fraction of sp³-hybridized carbons (Fsp3) is 0.435. The van der Waals surface area contributed by atoms with Gasteiger partial charge in [-0.2, -0.15) is 4.31 Å². The number of amides is 1. The number of carbonyl (C=O) groups is 1. The van der Waals surface area contributed by atoms with Crippen LogP contribution >= 0.6 is 0 Å². The maximum Gasteiger partial charge on any atom is 0.244 e. The number of benzene rings is 2. The second-order valence-corrected chi connectivity index (χ2v) is 10.00. The summed E-state index contributed by atoms with van der Waals surface area (Å²) in [6.45, 7) is 1.94. The molecule has 1 saturated heterocycles. The average Bonchev–Trinajstić information content (AvgIpc) is 3.15. The highest BCUT2D eigenvalue weighted by Crippen LogP contribution is 2.42. The van der Waals surface area contributed by atoms with Crippen molar-refractivity contribution >= 4 is 15.9 Å². The number of hydrogen-bond donors (Lipinski definition) is 1. The number of carbonyl (C=O) groups excluding carboxylic acids is 1. The molecule has 0 aromatic heterocycles. The maximum atomic E-state index is 13.5. The molecule has 1 saturated carbocycles. The molecule has 2 aromatic rings. The van der Waals surface area contributed by atoms with Crippen LogP contribution in [0.5, 0.6) is 0 Å². The van der Waals surface area contributed by atoms with Gasteiger partial charge in [0.15, 0.2) is 0 Å². The minimum absolute atomic E-state index is 0.0864. The second kappa shape index (κ2) is 8.28. The molecule has 1 aliphatic carbocycles. The highest BCUT2D eigenvalue weighted by atomic mass is 32.2. The van der Waals surface area contributed by atoms with Crippen molar-refractivity contribution < 1.29 is 13.2 Å². The van der Waals surface area contributed by atoms with Crippen molar-refractivity contribution in [2.24, 2.45) is 5.92 Å². The predicted molar refractivity (Wildman–Crippen MR) is 113 cm³/mol. The van der Waals surface area contributed by atoms with Crippen molar-refractivity contribution in [3.8, 4) is 0 Å². The Morgan fingerprint density at radius 3 is 2.31 bits per heavy atom. The molecule has 6 heteroatoms. The van der Waals surface area contributed by atoms with Crippen molar-refractivity contribution in [1.29, 1.82) is 0 Å². The maximum absolute atomic E-state index is 13.5. The molecule has 1 heterocycles. The molecular formula is C23H28N2O3S. The van der Waals surface area contributed by atoms with E-state index in [0.29, 0.717) is 6.42 Å². The zero-order valence-electron chi connectivity index (χ0n) is 16.7. The molecule has 0 spiro atoms. The molecule has 0 bridgehead atoms. The SMILES string of the molecule is CC(NC(=O)C1CC2CCCCC2N1S(=O)(=O)c1ccccc1)c1ccccc1. The Balaban J connectivity index is 1.62. The van der Waals surface area contributed by atoms with Crippen LogP contribution in [0.25, 0.3) is 0 Å². The summed E-state index contributed by atoms with van der Waals surface area (Å²) in [5, 5.41) is 3.06. The lowest BCUT2D eigenvalue weighted by molar-refractivity contribution is -0.125. The average molecular weight is 413 g/mol. The van der Waals surface area contributed by atoms with Gasteiger partial charge in [0.1, 0.15) is 6.04 Å². The molecule has 29 heavy (non-hydrogen) atoms. The van der Waals surface area contributed by atoms with Crippen molar-refractivity contribution in [2.45, 2.75) is 62.0 Å². The summed E-state index contributed by atoms with van der Waals surface area (Å²) < 4.78 is 28.5. The molecule has 2 fully saturated rings. The van der Waals surface area contributed by atoms with E-state index in [-0.39, 0.29) is 28.8 Å². The fourth-order valence-corrected chi connectivity index (χ4v) is 6.73. The lowest BCUT2D eigenvalue weighted by atomic mass is 9.85. The topological polar surface area (TPSA) is 66.5 Å². The third kappa shape index (κ3) is 3.96. The summed E-state index contributed by atoms with van der Waals surface area (Å²) in [5.41, 5.74) is 1.01. The molecule has 1 aliphatic heterocycles. The van der Waals surface area contributed by atoms with E-state index in [1.807, 2.05) is 37.3 Å². The van der Waals surface area contributed by atoms with E-state index < -0.39 is 16.1 Å². The quantitative estimate of drug-likeness (QED) is 0.810. The lowest BCUT2D eigenvalue weighted by Gasteiger charge is -2.33. The van der Waals surface area contributed by atoms with Crippen LogP contribution in [-0.2, 0) is 14.8 Å². The molecule has 1 N–H and O–H groups in total. The summed E-state index contributed by atoms with van der Waals surface area (Å²) in [4.78, 5) is 13.5. The number of hydrogen-bond acceptors (Lipinski definition) is 3. The van der Waals surface area contributed by atoms with Crippen LogP contribution in [0, 0.1) is 5.92 Å². The minimum Gasteiger partial charge on any atom is -0.348 e. The summed E-state index contributed by atoms with van der Waals surface area (Å²) in [5.74, 6) is 0.0558. The van der Waals surface area contributed by atoms with Gasteiger partial charge in [0.05, 0.1) is 10.9 Å². The summed E-state index contributed by atoms with van der Waals surface area (Å²) in [7, 11) is -3.73. The van der Waals surface area contributed by atoms with Gasteiger partial charge in [0.25, 0.3) is 0 Å². The minimum atomic E-state index is -3.73. The van der Waals surface area contributed by atoms with Crippen molar-refractivity contribution in [3.05, 3.63) is 66.2 Å². The molecule has 0 radical (unpaired) electrons. The Labute approximate surface area is 173 Å². The second-order valence-electron chi connectivity index (χ2n) is 8.15. The van der Waals surface area contributed by atoms with Crippen molar-refractivity contribution in [1.82, 2.24) is 9.62 Å². The highest BCUT2D eigenvalue weighted by Gasteiger charge is 2.51. The summed E-state index contributed by atoms with van der Waals surface area (Å²) in [6, 6.07) is 17.3. The van der Waals surface area contributed by atoms with Gasteiger partial charge in [-0.15, -0.1) is 0 Å². The lowest BCUT2D eigenvalue weighted by Crippen LogP contribution is -2.49. The third-order valence-corrected chi connectivity index (χ3v) is 8.26. The van der Waals surface area contributed by atoms with Crippen LogP contribution in [0.4, 0.5) is 0 Å². The first-order chi connectivity index (χ1) is 14.0. The van der Waals surface area contributed by atoms with Crippen LogP contribution < -0.4 is 5.32 Å². The van der Waals surface area contributed by atoms with Crippen molar-refractivity contribution in [3.63, 3.8) is 0 Å². The Morgan fingerprint density at radius 1 is 1.00 bits per heavy atom. The van der Waals surface area contributed by atoms with E-state index in [0.717, 1.165) is 31.2 Å². The molecule has 4 unspecified atom stereocenters. The van der Waals surface area contributed by atoms with E-state index in [4.69, 9.17) is 0 Å². The smallest absolute Gasteiger partial charge is 0.244 e. The standard InChI is InChI=1S/C23H28N2O3S/c1-17(18-10-4-2-5-11-18)24-23(26)22-16-19-12-8-9-15-21(19)25(22)29(27,28)20-13-6-3-7-14-20/h2-7,10-11,13-14,17,19,21-22H,8-9,12,15-16H2,1H3,(H,24,26). The van der Waals surface area contributed by atoms with Gasteiger partial charge in [-0.3, -0.25) is 4.79 Å². The predicted octanol–water partition coefficient (Wildman–Crippen LogP) is 3.89. The van der Waals surface area contributed by atoms with Gasteiger partial charge in [-0.1, -0.05) is 61.4 Å². The number of nitrogens with zero attached hydrogens (tertiary/aromatic N) is 1. The summed E-state index contributed by atoms with van der Waals surface area (Å²) >= 11 is 0. The Morgan fingerprint density at radius 2 is 1.62 bits per heavy atom. The summed E-state index contributed by atoms with van der Waals surface area (Å²) in [6.07, 6.45) is 4.54. The number of fused-ring (bicyclic) bond motifs is 1. The Hall–Kier alpha value is -2.18. The molecular weight excluding hydrogens is 384 g/mol. The molecule has 4 rings (SSSR count). The van der Waals surface area contributed by atoms with Gasteiger partial charge in [0.2, 0.25) is 15.9 Å². The largest absolute Gasteiger partial charge is 0.348 e. The van der Waals surface area contributed by atoms with E-state index in [9.17, 15) is 13.2 Å². The first-order valence-corrected chi connectivity index (χ1v) is 11.9. The van der Waals surface area contributed by atoms with Crippen LogP contribution in [0.2, 0.25) is 0 Å². The molecule has 4 atom stereocenters. The van der Waals surface area contributed by atoms with Crippen LogP contribution in [0.3, 0.4) is 0 Å². The van der Waals surface area contributed by atoms with E-state index in [1.54, 1.807) is 30.3 Å². The van der Waals surface area contributed by atoms with Gasteiger partial charge in [-0.05, 0) is 49.8 Å². The number of sulfonamides is 1. The Bertz CT molecular complexity index is 947.